The number of aromatic nitrogens is 1. The van der Waals surface area contributed by atoms with Gasteiger partial charge in [-0.3, -0.25) is 10.0 Å². The second-order valence-electron chi connectivity index (χ2n) is 9.52. The molecular formula is C27H30F3N3O6S2. The van der Waals surface area contributed by atoms with Crippen LogP contribution in [0.5, 0.6) is 5.75 Å². The fraction of sp³-hybridized carbons (Fsp3) is 0.333. The molecule has 2 aromatic heterocycles. The van der Waals surface area contributed by atoms with Crippen LogP contribution in [0.3, 0.4) is 0 Å². The molecule has 0 aliphatic carbocycles. The number of fused-ring (bicyclic) bond motifs is 1. The van der Waals surface area contributed by atoms with Crippen LogP contribution in [-0.2, 0) is 21.2 Å². The first-order chi connectivity index (χ1) is 19.3. The number of benzene rings is 2. The van der Waals surface area contributed by atoms with Crippen molar-refractivity contribution >= 4 is 38.0 Å². The summed E-state index contributed by atoms with van der Waals surface area (Å²) in [5.41, 5.74) is 0.682. The minimum absolute atomic E-state index is 0.0250. The minimum atomic E-state index is -4.40. The number of H-pyrrole nitrogens is 1. The molecule has 4 rings (SSSR count). The van der Waals surface area contributed by atoms with Gasteiger partial charge in [0.15, 0.2) is 0 Å². The first-order valence-corrected chi connectivity index (χ1v) is 14.9. The van der Waals surface area contributed by atoms with Crippen molar-refractivity contribution in [2.45, 2.75) is 35.6 Å². The van der Waals surface area contributed by atoms with Gasteiger partial charge in [-0.2, -0.15) is 13.2 Å². The van der Waals surface area contributed by atoms with E-state index in [0.717, 1.165) is 22.3 Å². The van der Waals surface area contributed by atoms with Crippen LogP contribution < -0.4 is 14.8 Å². The van der Waals surface area contributed by atoms with Crippen molar-refractivity contribution in [3.63, 3.8) is 0 Å². The van der Waals surface area contributed by atoms with Gasteiger partial charge in [0.05, 0.1) is 18.2 Å². The number of para-hydroxylation sites is 1. The second kappa shape index (κ2) is 12.8. The maximum Gasteiger partial charge on any atom is 0.411 e. The van der Waals surface area contributed by atoms with Crippen molar-refractivity contribution in [1.82, 2.24) is 10.3 Å². The molecular weight excluding hydrogens is 583 g/mol. The molecule has 0 unspecified atom stereocenters. The molecule has 222 valence electrons. The van der Waals surface area contributed by atoms with Gasteiger partial charge in [-0.15, -0.1) is 11.3 Å². The third kappa shape index (κ3) is 8.67. The van der Waals surface area contributed by atoms with E-state index in [-0.39, 0.29) is 30.4 Å². The van der Waals surface area contributed by atoms with E-state index >= 15 is 0 Å². The molecule has 0 aliphatic rings. The Labute approximate surface area is 239 Å². The van der Waals surface area contributed by atoms with E-state index in [9.17, 15) is 31.8 Å². The molecule has 14 heteroatoms. The Bertz CT molecular complexity index is 1540. The van der Waals surface area contributed by atoms with E-state index in [1.165, 1.54) is 12.1 Å². The van der Waals surface area contributed by atoms with Crippen LogP contribution in [0.1, 0.15) is 24.2 Å². The molecule has 0 saturated heterocycles. The van der Waals surface area contributed by atoms with Gasteiger partial charge in [0, 0.05) is 30.2 Å². The monoisotopic (exact) mass is 613 g/mol. The molecule has 0 saturated carbocycles. The average Bonchev–Trinajstić information content (AvgIpc) is 3.58. The van der Waals surface area contributed by atoms with Crippen LogP contribution >= 0.6 is 11.3 Å². The number of hydrogen-bond acceptors (Lipinski definition) is 8. The standard InChI is InChI=1S/C27H30F3N3O6S2/c1-26(35,14-19-15-31-25-21(19)7-3-8-23(25)39-11-10-38-17-27(28,29)30)32-16-22(34)18-5-2-6-20(13-18)33-41(36,37)24-9-4-12-40-24/h2-9,12-13,15,22,31-35H,10-11,14,16-17H2,1H3/t22-,26-/m0/s1. The van der Waals surface area contributed by atoms with E-state index in [1.54, 1.807) is 54.9 Å². The van der Waals surface area contributed by atoms with E-state index in [4.69, 9.17) is 4.74 Å². The SMILES string of the molecule is C[C@](O)(Cc1c[nH]c2c(OCCOCC(F)(F)F)cccc12)NC[C@H](O)c1cccc(NS(=O)(=O)c2cccs2)c1. The number of sulfonamides is 1. The summed E-state index contributed by atoms with van der Waals surface area (Å²) in [4.78, 5) is 3.08. The summed E-state index contributed by atoms with van der Waals surface area (Å²) in [6, 6.07) is 14.7. The summed E-state index contributed by atoms with van der Waals surface area (Å²) < 4.78 is 74.5. The maximum atomic E-state index is 12.5. The molecule has 2 heterocycles. The molecule has 0 bridgehead atoms. The van der Waals surface area contributed by atoms with Crippen molar-refractivity contribution in [1.29, 1.82) is 0 Å². The van der Waals surface area contributed by atoms with E-state index in [1.807, 2.05) is 6.07 Å². The van der Waals surface area contributed by atoms with Crippen LogP contribution in [0, 0.1) is 0 Å². The van der Waals surface area contributed by atoms with Gasteiger partial charge in [0.1, 0.15) is 28.9 Å². The highest BCUT2D eigenvalue weighted by molar-refractivity contribution is 7.94. The lowest BCUT2D eigenvalue weighted by Gasteiger charge is -2.26. The molecule has 4 aromatic rings. The first-order valence-electron chi connectivity index (χ1n) is 12.5. The van der Waals surface area contributed by atoms with Crippen LogP contribution in [0.4, 0.5) is 18.9 Å². The van der Waals surface area contributed by atoms with Crippen molar-refractivity contribution in [3.05, 3.63) is 77.3 Å². The third-order valence-electron chi connectivity index (χ3n) is 6.01. The number of nitrogens with one attached hydrogen (secondary N) is 3. The molecule has 2 atom stereocenters. The summed E-state index contributed by atoms with van der Waals surface area (Å²) in [6.45, 7) is -0.111. The molecule has 2 aromatic carbocycles. The number of aromatic amines is 1. The van der Waals surface area contributed by atoms with Crippen molar-refractivity contribution < 1.29 is 41.3 Å². The van der Waals surface area contributed by atoms with Gasteiger partial charge >= 0.3 is 6.18 Å². The average molecular weight is 614 g/mol. The Morgan fingerprint density at radius 2 is 1.88 bits per heavy atom. The number of anilines is 1. The number of hydrogen-bond donors (Lipinski definition) is 5. The Kier molecular flexibility index (Phi) is 9.62. The first kappa shape index (κ1) is 30.8. The van der Waals surface area contributed by atoms with Crippen LogP contribution in [0.15, 0.2) is 70.4 Å². The highest BCUT2D eigenvalue weighted by Gasteiger charge is 2.27. The zero-order chi connectivity index (χ0) is 29.7. The molecule has 0 aliphatic heterocycles. The molecule has 0 fully saturated rings. The molecule has 0 radical (unpaired) electrons. The van der Waals surface area contributed by atoms with Gasteiger partial charge in [0.25, 0.3) is 10.0 Å². The highest BCUT2D eigenvalue weighted by atomic mass is 32.2. The summed E-state index contributed by atoms with van der Waals surface area (Å²) >= 11 is 1.09. The second-order valence-corrected chi connectivity index (χ2v) is 12.4. The van der Waals surface area contributed by atoms with E-state index in [0.29, 0.717) is 22.5 Å². The number of rotatable bonds is 14. The fourth-order valence-corrected chi connectivity index (χ4v) is 6.19. The normalized spacial score (nSPS) is 14.6. The summed E-state index contributed by atoms with van der Waals surface area (Å²) in [7, 11) is -3.74. The van der Waals surface area contributed by atoms with E-state index < -0.39 is 34.6 Å². The Morgan fingerprint density at radius 3 is 2.61 bits per heavy atom. The number of thiophene rings is 1. The smallest absolute Gasteiger partial charge is 0.411 e. The Hall–Kier alpha value is -3.14. The van der Waals surface area contributed by atoms with Crippen LogP contribution in [-0.4, -0.2) is 61.9 Å². The largest absolute Gasteiger partial charge is 0.489 e. The number of ether oxygens (including phenoxy) is 2. The predicted octanol–water partition coefficient (Wildman–Crippen LogP) is 4.56. The van der Waals surface area contributed by atoms with Gasteiger partial charge in [-0.25, -0.2) is 8.42 Å². The lowest BCUT2D eigenvalue weighted by Crippen LogP contribution is -2.46. The van der Waals surface area contributed by atoms with Crippen LogP contribution in [0.25, 0.3) is 10.9 Å². The zero-order valence-electron chi connectivity index (χ0n) is 21.9. The summed E-state index contributed by atoms with van der Waals surface area (Å²) in [5.74, 6) is 0.432. The van der Waals surface area contributed by atoms with Gasteiger partial charge in [0.2, 0.25) is 0 Å². The topological polar surface area (TPSA) is 133 Å². The number of aliphatic hydroxyl groups is 2. The Balaban J connectivity index is 1.34. The lowest BCUT2D eigenvalue weighted by molar-refractivity contribution is -0.175. The maximum absolute atomic E-state index is 12.5. The van der Waals surface area contributed by atoms with Gasteiger partial charge < -0.3 is 24.7 Å². The van der Waals surface area contributed by atoms with Crippen molar-refractivity contribution in [3.8, 4) is 5.75 Å². The minimum Gasteiger partial charge on any atom is -0.489 e. The lowest BCUT2D eigenvalue weighted by atomic mass is 10.0. The number of aliphatic hydroxyl groups excluding tert-OH is 1. The number of alkyl halides is 3. The van der Waals surface area contributed by atoms with Crippen molar-refractivity contribution in [2.24, 2.45) is 0 Å². The molecule has 41 heavy (non-hydrogen) atoms. The molecule has 0 amide bonds. The molecule has 0 spiro atoms. The number of halogens is 3. The predicted molar refractivity (Wildman–Crippen MR) is 150 cm³/mol. The molecule has 5 N–H and O–H groups in total. The van der Waals surface area contributed by atoms with Crippen LogP contribution in [0.2, 0.25) is 0 Å². The Morgan fingerprint density at radius 1 is 1.10 bits per heavy atom. The summed E-state index contributed by atoms with van der Waals surface area (Å²) in [6.07, 6.45) is -3.59. The third-order valence-corrected chi connectivity index (χ3v) is 8.79. The van der Waals surface area contributed by atoms with Crippen molar-refractivity contribution in [2.75, 3.05) is 31.1 Å². The van der Waals surface area contributed by atoms with Gasteiger partial charge in [-0.1, -0.05) is 30.3 Å². The molecule has 9 nitrogen and oxygen atoms in total. The zero-order valence-corrected chi connectivity index (χ0v) is 23.6. The quantitative estimate of drug-likeness (QED) is 0.104. The summed E-state index contributed by atoms with van der Waals surface area (Å²) in [5, 5.41) is 27.1. The fourth-order valence-electron chi connectivity index (χ4n) is 4.15. The van der Waals surface area contributed by atoms with E-state index in [2.05, 4.69) is 19.8 Å². The van der Waals surface area contributed by atoms with Gasteiger partial charge in [-0.05, 0) is 47.7 Å². The highest BCUT2D eigenvalue weighted by Crippen LogP contribution is 2.29.